The summed E-state index contributed by atoms with van der Waals surface area (Å²) in [7, 11) is 3.95. The Morgan fingerprint density at radius 1 is 1.11 bits per heavy atom. The van der Waals surface area contributed by atoms with Gasteiger partial charge in [0.2, 0.25) is 0 Å². The number of nitrogens with zero attached hydrogens (tertiary/aromatic N) is 4. The minimum atomic E-state index is -0.463. The molecule has 0 radical (unpaired) electrons. The van der Waals surface area contributed by atoms with E-state index in [0.29, 0.717) is 24.7 Å². The molecule has 1 aliphatic rings. The third kappa shape index (κ3) is 5.06. The van der Waals surface area contributed by atoms with Gasteiger partial charge in [-0.25, -0.2) is 0 Å². The van der Waals surface area contributed by atoms with Crippen molar-refractivity contribution in [3.8, 4) is 6.07 Å². The largest absolute Gasteiger partial charge is 0.390 e. The zero-order valence-electron chi connectivity index (χ0n) is 22.3. The monoisotopic (exact) mass is 492 g/mol. The Kier molecular flexibility index (Phi) is 7.17. The maximum Gasteiger partial charge on any atom is 0.0991 e. The van der Waals surface area contributed by atoms with Gasteiger partial charge in [0, 0.05) is 54.9 Å². The number of aliphatic hydroxyl groups is 1. The molecular formula is C32H36N4O. The van der Waals surface area contributed by atoms with E-state index in [1.54, 1.807) is 0 Å². The van der Waals surface area contributed by atoms with Gasteiger partial charge in [0.05, 0.1) is 17.7 Å². The third-order valence-corrected chi connectivity index (χ3v) is 7.72. The van der Waals surface area contributed by atoms with Gasteiger partial charge >= 0.3 is 0 Å². The van der Waals surface area contributed by atoms with Gasteiger partial charge in [0.25, 0.3) is 0 Å². The minimum absolute atomic E-state index is 0.315. The molecule has 0 fully saturated rings. The number of rotatable bonds is 7. The summed E-state index contributed by atoms with van der Waals surface area (Å²) in [6.45, 7) is 7.51. The number of aromatic nitrogens is 1. The first-order chi connectivity index (χ1) is 17.9. The number of benzene rings is 3. The van der Waals surface area contributed by atoms with Gasteiger partial charge in [-0.15, -0.1) is 0 Å². The number of hydrogen-bond donors (Lipinski definition) is 1. The third-order valence-electron chi connectivity index (χ3n) is 7.72. The number of fused-ring (bicyclic) bond motifs is 2. The predicted octanol–water partition coefficient (Wildman–Crippen LogP) is 5.75. The van der Waals surface area contributed by atoms with Crippen LogP contribution in [0.4, 0.5) is 0 Å². The van der Waals surface area contributed by atoms with Crippen LogP contribution in [0.3, 0.4) is 0 Å². The van der Waals surface area contributed by atoms with Gasteiger partial charge in [0.1, 0.15) is 0 Å². The first kappa shape index (κ1) is 25.2. The van der Waals surface area contributed by atoms with Gasteiger partial charge < -0.3 is 14.6 Å². The molecule has 0 saturated carbocycles. The van der Waals surface area contributed by atoms with Crippen LogP contribution in [0.5, 0.6) is 0 Å². The summed E-state index contributed by atoms with van der Waals surface area (Å²) in [6.07, 6.45) is 5.01. The normalized spacial score (nSPS) is 16.2. The Hall–Kier alpha value is -3.43. The molecule has 0 saturated heterocycles. The molecule has 5 heteroatoms. The summed E-state index contributed by atoms with van der Waals surface area (Å²) in [5, 5.41) is 23.9. The van der Waals surface area contributed by atoms with E-state index in [1.807, 2.05) is 37.2 Å². The average molecular weight is 493 g/mol. The molecule has 5 rings (SSSR count). The van der Waals surface area contributed by atoms with Crippen molar-refractivity contribution >= 4 is 27.2 Å². The van der Waals surface area contributed by atoms with E-state index in [0.717, 1.165) is 30.4 Å². The van der Waals surface area contributed by atoms with Crippen LogP contribution in [0, 0.1) is 18.3 Å². The maximum atomic E-state index is 10.6. The van der Waals surface area contributed by atoms with Crippen LogP contribution in [0.1, 0.15) is 41.6 Å². The van der Waals surface area contributed by atoms with Crippen molar-refractivity contribution in [1.29, 1.82) is 5.26 Å². The Labute approximate surface area is 219 Å². The van der Waals surface area contributed by atoms with Crippen LogP contribution in [0.15, 0.2) is 66.9 Å². The molecule has 37 heavy (non-hydrogen) atoms. The highest BCUT2D eigenvalue weighted by atomic mass is 16.3. The van der Waals surface area contributed by atoms with Crippen LogP contribution in [0.25, 0.3) is 27.2 Å². The summed E-state index contributed by atoms with van der Waals surface area (Å²) in [5.41, 5.74) is 6.94. The highest BCUT2D eigenvalue weighted by Crippen LogP contribution is 2.35. The predicted molar refractivity (Wildman–Crippen MR) is 152 cm³/mol. The van der Waals surface area contributed by atoms with Gasteiger partial charge in [-0.05, 0) is 80.0 Å². The fourth-order valence-corrected chi connectivity index (χ4v) is 5.87. The van der Waals surface area contributed by atoms with Crippen molar-refractivity contribution in [3.05, 3.63) is 89.1 Å². The molecule has 1 aliphatic heterocycles. The van der Waals surface area contributed by atoms with E-state index in [4.69, 9.17) is 0 Å². The van der Waals surface area contributed by atoms with Crippen LogP contribution < -0.4 is 0 Å². The van der Waals surface area contributed by atoms with Crippen molar-refractivity contribution in [3.63, 3.8) is 0 Å². The summed E-state index contributed by atoms with van der Waals surface area (Å²) in [4.78, 5) is 4.55. The summed E-state index contributed by atoms with van der Waals surface area (Å²) in [5.74, 6) is 0. The highest BCUT2D eigenvalue weighted by molar-refractivity contribution is 5.94. The van der Waals surface area contributed by atoms with E-state index in [1.165, 1.54) is 33.0 Å². The van der Waals surface area contributed by atoms with E-state index in [-0.39, 0.29) is 0 Å². The molecule has 0 bridgehead atoms. The van der Waals surface area contributed by atoms with Crippen LogP contribution in [-0.4, -0.2) is 59.3 Å². The Bertz CT molecular complexity index is 1500. The SMILES string of the molecule is Cc1cccc2cccc(C(C)N3CC=C(c4cn(C[C@H](O)CN(C)C)c5ccc(C#N)cc45)CC3)c12. The van der Waals surface area contributed by atoms with E-state index >= 15 is 0 Å². The number of likely N-dealkylation sites (N-methyl/N-ethyl adjacent to an activating group) is 1. The molecule has 2 atom stereocenters. The van der Waals surface area contributed by atoms with Gasteiger partial charge in [-0.1, -0.05) is 42.5 Å². The van der Waals surface area contributed by atoms with Crippen LogP contribution in [0.2, 0.25) is 0 Å². The lowest BCUT2D eigenvalue weighted by molar-refractivity contribution is 0.121. The van der Waals surface area contributed by atoms with E-state index < -0.39 is 6.10 Å². The van der Waals surface area contributed by atoms with Crippen molar-refractivity contribution in [2.75, 3.05) is 33.7 Å². The molecule has 5 nitrogen and oxygen atoms in total. The lowest BCUT2D eigenvalue weighted by atomic mass is 9.93. The molecule has 0 spiro atoms. The standard InChI is InChI=1S/C32H36N4O/c1-22-7-5-8-26-9-6-10-28(32(22)26)23(2)35-15-13-25(14-16-35)30-21-36(20-27(37)19-34(3)4)31-12-11-24(18-33)17-29(30)31/h5-13,17,21,23,27,37H,14-16,19-20H2,1-4H3/t23?,27-/m1/s1. The van der Waals surface area contributed by atoms with Crippen molar-refractivity contribution in [1.82, 2.24) is 14.4 Å². The van der Waals surface area contributed by atoms with E-state index in [2.05, 4.69) is 78.1 Å². The van der Waals surface area contributed by atoms with Crippen LogP contribution >= 0.6 is 0 Å². The highest BCUT2D eigenvalue weighted by Gasteiger charge is 2.23. The fourth-order valence-electron chi connectivity index (χ4n) is 5.87. The smallest absolute Gasteiger partial charge is 0.0991 e. The second-order valence-electron chi connectivity index (χ2n) is 10.6. The summed E-state index contributed by atoms with van der Waals surface area (Å²) in [6, 6.07) is 21.7. The number of nitriles is 1. The van der Waals surface area contributed by atoms with Gasteiger partial charge in [0.15, 0.2) is 0 Å². The first-order valence-corrected chi connectivity index (χ1v) is 13.1. The Balaban J connectivity index is 1.44. The topological polar surface area (TPSA) is 55.4 Å². The quantitative estimate of drug-likeness (QED) is 0.357. The molecule has 2 heterocycles. The number of hydrogen-bond acceptors (Lipinski definition) is 4. The van der Waals surface area contributed by atoms with Gasteiger partial charge in [-0.3, -0.25) is 4.90 Å². The molecule has 1 N–H and O–H groups in total. The Morgan fingerprint density at radius 3 is 2.59 bits per heavy atom. The molecule has 4 aromatic rings. The maximum absolute atomic E-state index is 10.6. The average Bonchev–Trinajstić information content (AvgIpc) is 3.25. The molecule has 3 aromatic carbocycles. The number of aryl methyl sites for hydroxylation is 1. The minimum Gasteiger partial charge on any atom is -0.390 e. The second kappa shape index (κ2) is 10.5. The molecular weight excluding hydrogens is 456 g/mol. The lowest BCUT2D eigenvalue weighted by Crippen LogP contribution is -2.31. The van der Waals surface area contributed by atoms with Gasteiger partial charge in [-0.2, -0.15) is 5.26 Å². The Morgan fingerprint density at radius 2 is 1.89 bits per heavy atom. The lowest BCUT2D eigenvalue weighted by Gasteiger charge is -2.33. The first-order valence-electron chi connectivity index (χ1n) is 13.1. The van der Waals surface area contributed by atoms with E-state index in [9.17, 15) is 10.4 Å². The zero-order valence-corrected chi connectivity index (χ0v) is 22.3. The summed E-state index contributed by atoms with van der Waals surface area (Å²) < 4.78 is 2.15. The molecule has 190 valence electrons. The summed E-state index contributed by atoms with van der Waals surface area (Å²) >= 11 is 0. The molecule has 0 aliphatic carbocycles. The molecule has 1 unspecified atom stereocenters. The molecule has 0 amide bonds. The van der Waals surface area contributed by atoms with Crippen molar-refractivity contribution < 1.29 is 5.11 Å². The van der Waals surface area contributed by atoms with Crippen molar-refractivity contribution in [2.24, 2.45) is 0 Å². The van der Waals surface area contributed by atoms with Crippen molar-refractivity contribution in [2.45, 2.75) is 39.0 Å². The second-order valence-corrected chi connectivity index (χ2v) is 10.6. The fraction of sp³-hybridized carbons (Fsp3) is 0.344. The zero-order chi connectivity index (χ0) is 26.1. The number of aliphatic hydroxyl groups excluding tert-OH is 1. The molecule has 1 aromatic heterocycles. The van der Waals surface area contributed by atoms with Crippen LogP contribution in [-0.2, 0) is 6.54 Å².